The zero-order valence-electron chi connectivity index (χ0n) is 8.15. The second-order valence-electron chi connectivity index (χ2n) is 2.34. The van der Waals surface area contributed by atoms with Gasteiger partial charge in [-0.2, -0.15) is 0 Å². The second kappa shape index (κ2) is 7.02. The van der Waals surface area contributed by atoms with E-state index in [2.05, 4.69) is 14.6 Å². The molecule has 80 valence electrons. The van der Waals surface area contributed by atoms with Crippen molar-refractivity contribution in [3.8, 4) is 0 Å². The van der Waals surface area contributed by atoms with Gasteiger partial charge in [-0.1, -0.05) is 5.16 Å². The van der Waals surface area contributed by atoms with Gasteiger partial charge in [-0.25, -0.2) is 4.79 Å². The fraction of sp³-hybridized carbons (Fsp3) is 0.625. The van der Waals surface area contributed by atoms with Gasteiger partial charge in [0.15, 0.2) is 5.78 Å². The number of methoxy groups -OCH3 is 1. The average Bonchev–Trinajstić information content (AvgIpc) is 2.16. The van der Waals surface area contributed by atoms with Crippen LogP contribution in [0.2, 0.25) is 0 Å². The number of carbonyl (C=O) groups is 2. The minimum atomic E-state index is -0.920. The molecule has 0 radical (unpaired) electrons. The molecule has 6 heteroatoms. The maximum atomic E-state index is 11.2. The maximum absolute atomic E-state index is 11.2. The third kappa shape index (κ3) is 3.99. The van der Waals surface area contributed by atoms with Gasteiger partial charge in [-0.05, 0) is 6.92 Å². The highest BCUT2D eigenvalue weighted by Gasteiger charge is 2.21. The topological polar surface area (TPSA) is 85.2 Å². The molecule has 0 saturated heterocycles. The van der Waals surface area contributed by atoms with Gasteiger partial charge in [0.1, 0.15) is 0 Å². The normalized spacial score (nSPS) is 11.1. The van der Waals surface area contributed by atoms with Crippen LogP contribution in [0, 0.1) is 0 Å². The summed E-state index contributed by atoms with van der Waals surface area (Å²) in [6.07, 6.45) is -0.0191. The van der Waals surface area contributed by atoms with Crippen molar-refractivity contribution in [3.63, 3.8) is 0 Å². The molecule has 0 aliphatic heterocycles. The first kappa shape index (κ1) is 12.6. The third-order valence-electron chi connectivity index (χ3n) is 1.37. The molecule has 14 heavy (non-hydrogen) atoms. The van der Waals surface area contributed by atoms with E-state index in [0.717, 1.165) is 0 Å². The smallest absolute Gasteiger partial charge is 0.364 e. The SMILES string of the molecule is CCOC(=O)/C(=N\O)C(=O)CCOC. The Morgan fingerprint density at radius 2 is 2.07 bits per heavy atom. The number of esters is 1. The molecule has 0 unspecified atom stereocenters. The van der Waals surface area contributed by atoms with Gasteiger partial charge in [0, 0.05) is 13.5 Å². The highest BCUT2D eigenvalue weighted by Crippen LogP contribution is 1.92. The molecule has 0 atom stereocenters. The van der Waals surface area contributed by atoms with E-state index in [1.54, 1.807) is 6.92 Å². The summed E-state index contributed by atoms with van der Waals surface area (Å²) in [6, 6.07) is 0. The number of hydrogen-bond acceptors (Lipinski definition) is 6. The quantitative estimate of drug-likeness (QED) is 0.216. The fourth-order valence-corrected chi connectivity index (χ4v) is 0.723. The Kier molecular flexibility index (Phi) is 6.30. The molecule has 0 spiro atoms. The molecule has 1 N–H and O–H groups in total. The van der Waals surface area contributed by atoms with Crippen molar-refractivity contribution < 1.29 is 24.3 Å². The molecule has 0 aliphatic carbocycles. The van der Waals surface area contributed by atoms with Crippen molar-refractivity contribution in [2.24, 2.45) is 5.16 Å². The third-order valence-corrected chi connectivity index (χ3v) is 1.37. The van der Waals surface area contributed by atoms with Crippen LogP contribution in [-0.2, 0) is 19.1 Å². The van der Waals surface area contributed by atoms with Gasteiger partial charge < -0.3 is 14.7 Å². The van der Waals surface area contributed by atoms with Gasteiger partial charge >= 0.3 is 5.97 Å². The number of rotatable bonds is 6. The Hall–Kier alpha value is -1.43. The lowest BCUT2D eigenvalue weighted by Gasteiger charge is -2.02. The molecule has 0 saturated carbocycles. The van der Waals surface area contributed by atoms with Gasteiger partial charge in [0.05, 0.1) is 13.2 Å². The van der Waals surface area contributed by atoms with Gasteiger partial charge in [-0.3, -0.25) is 4.79 Å². The minimum absolute atomic E-state index is 0.0191. The Morgan fingerprint density at radius 3 is 2.50 bits per heavy atom. The van der Waals surface area contributed by atoms with Crippen LogP contribution in [0.3, 0.4) is 0 Å². The van der Waals surface area contributed by atoms with Crippen LogP contribution in [0.25, 0.3) is 0 Å². The largest absolute Gasteiger partial charge is 0.461 e. The van der Waals surface area contributed by atoms with Crippen molar-refractivity contribution in [2.75, 3.05) is 20.3 Å². The van der Waals surface area contributed by atoms with E-state index in [-0.39, 0.29) is 19.6 Å². The number of hydrogen-bond donors (Lipinski definition) is 1. The van der Waals surface area contributed by atoms with E-state index in [9.17, 15) is 9.59 Å². The van der Waals surface area contributed by atoms with Crippen molar-refractivity contribution in [2.45, 2.75) is 13.3 Å². The number of oxime groups is 1. The molecule has 0 amide bonds. The molecule has 6 nitrogen and oxygen atoms in total. The van der Waals surface area contributed by atoms with Crippen LogP contribution >= 0.6 is 0 Å². The summed E-state index contributed by atoms with van der Waals surface area (Å²) < 4.78 is 9.14. The summed E-state index contributed by atoms with van der Waals surface area (Å²) >= 11 is 0. The lowest BCUT2D eigenvalue weighted by Crippen LogP contribution is -2.27. The van der Waals surface area contributed by atoms with Gasteiger partial charge in [0.25, 0.3) is 0 Å². The van der Waals surface area contributed by atoms with Crippen LogP contribution in [0.15, 0.2) is 5.16 Å². The predicted octanol–water partition coefficient (Wildman–Crippen LogP) is -0.0147. The molecule has 0 aromatic rings. The molecular weight excluding hydrogens is 190 g/mol. The van der Waals surface area contributed by atoms with E-state index in [4.69, 9.17) is 5.21 Å². The summed E-state index contributed by atoms with van der Waals surface area (Å²) in [4.78, 5) is 22.2. The number of carbonyl (C=O) groups excluding carboxylic acids is 2. The highest BCUT2D eigenvalue weighted by molar-refractivity contribution is 6.64. The van der Waals surface area contributed by atoms with Crippen LogP contribution in [0.4, 0.5) is 0 Å². The molecule has 0 bridgehead atoms. The van der Waals surface area contributed by atoms with E-state index in [1.165, 1.54) is 7.11 Å². The Balaban J connectivity index is 4.27. The second-order valence-corrected chi connectivity index (χ2v) is 2.34. The summed E-state index contributed by atoms with van der Waals surface area (Å²) in [7, 11) is 1.42. The average molecular weight is 203 g/mol. The zero-order valence-corrected chi connectivity index (χ0v) is 8.15. The van der Waals surface area contributed by atoms with Gasteiger partial charge in [0.2, 0.25) is 5.71 Å². The van der Waals surface area contributed by atoms with E-state index >= 15 is 0 Å². The monoisotopic (exact) mass is 203 g/mol. The first-order valence-electron chi connectivity index (χ1n) is 4.08. The predicted molar refractivity (Wildman–Crippen MR) is 47.4 cm³/mol. The lowest BCUT2D eigenvalue weighted by atomic mass is 10.2. The van der Waals surface area contributed by atoms with Crippen LogP contribution < -0.4 is 0 Å². The summed E-state index contributed by atoms with van der Waals surface area (Å²) in [5.74, 6) is -1.52. The number of ether oxygens (including phenoxy) is 2. The summed E-state index contributed by atoms with van der Waals surface area (Å²) in [5, 5.41) is 11.0. The maximum Gasteiger partial charge on any atom is 0.364 e. The molecule has 0 aromatic heterocycles. The standard InChI is InChI=1S/C8H13NO5/c1-3-14-8(11)7(9-12)6(10)4-5-13-2/h12H,3-5H2,1-2H3/b9-7-. The Bertz CT molecular complexity index is 236. The summed E-state index contributed by atoms with van der Waals surface area (Å²) in [6.45, 7) is 1.87. The van der Waals surface area contributed by atoms with E-state index < -0.39 is 17.5 Å². The van der Waals surface area contributed by atoms with Crippen molar-refractivity contribution in [3.05, 3.63) is 0 Å². The first-order chi connectivity index (χ1) is 6.67. The molecule has 0 fully saturated rings. The molecule has 0 rings (SSSR count). The molecule has 0 heterocycles. The zero-order chi connectivity index (χ0) is 11.0. The van der Waals surface area contributed by atoms with Crippen molar-refractivity contribution in [1.82, 2.24) is 0 Å². The Labute approximate surface area is 81.5 Å². The Morgan fingerprint density at radius 1 is 1.43 bits per heavy atom. The van der Waals surface area contributed by atoms with Crippen molar-refractivity contribution in [1.29, 1.82) is 0 Å². The van der Waals surface area contributed by atoms with E-state index in [0.29, 0.717) is 0 Å². The van der Waals surface area contributed by atoms with Gasteiger partial charge in [-0.15, -0.1) is 0 Å². The van der Waals surface area contributed by atoms with Crippen LogP contribution in [-0.4, -0.2) is 43.0 Å². The van der Waals surface area contributed by atoms with Crippen LogP contribution in [0.5, 0.6) is 0 Å². The molecular formula is C8H13NO5. The molecule has 0 aliphatic rings. The molecule has 0 aromatic carbocycles. The number of Topliss-reactive ketones (excluding diaryl/α,β-unsaturated/α-hetero) is 1. The fourth-order valence-electron chi connectivity index (χ4n) is 0.723. The van der Waals surface area contributed by atoms with Crippen LogP contribution in [0.1, 0.15) is 13.3 Å². The number of ketones is 1. The lowest BCUT2D eigenvalue weighted by molar-refractivity contribution is -0.136. The number of nitrogens with zero attached hydrogens (tertiary/aromatic N) is 1. The first-order valence-corrected chi connectivity index (χ1v) is 4.08. The van der Waals surface area contributed by atoms with E-state index in [1.807, 2.05) is 0 Å². The minimum Gasteiger partial charge on any atom is -0.461 e. The van der Waals surface area contributed by atoms with Crippen molar-refractivity contribution >= 4 is 17.5 Å². The summed E-state index contributed by atoms with van der Waals surface area (Å²) in [5.41, 5.74) is -0.594. The highest BCUT2D eigenvalue weighted by atomic mass is 16.5.